The van der Waals surface area contributed by atoms with Crippen molar-refractivity contribution < 1.29 is 24.2 Å². The minimum atomic E-state index is -0.774. The molecule has 4 aliphatic rings. The van der Waals surface area contributed by atoms with Crippen molar-refractivity contribution in [2.75, 3.05) is 18.5 Å². The molecule has 9 heteroatoms. The van der Waals surface area contributed by atoms with Crippen LogP contribution in [0.5, 0.6) is 5.75 Å². The number of thioether (sulfide) groups is 1. The van der Waals surface area contributed by atoms with Crippen molar-refractivity contribution in [2.24, 2.45) is 11.8 Å². The van der Waals surface area contributed by atoms with Gasteiger partial charge in [-0.05, 0) is 69.4 Å². The molecule has 4 fully saturated rings. The Bertz CT molecular complexity index is 1320. The number of carbonyl (C=O) groups excluding carboxylic acids is 3. The molecule has 2 unspecified atom stereocenters. The molecule has 3 N–H and O–H groups in total. The standard InChI is InChI=1S/C33H41N3O5S/c1-3-41-24-16-14-23(15-17-24)34-29(38)26-27-31(40)36(25(20-37)21-10-6-4-7-11-21)28(33(27)19-18-32(26,2)42-33)30(39)35-22-12-8-5-9-13-22/h4,6-7,10-11,14-17,22,25-28,37H,3,5,8-9,12-13,18-20H2,1-2H3,(H,34,38)(H,35,39)/t25-,26-,27+,28?,32+,33?/m1/s1. The van der Waals surface area contributed by atoms with Crippen LogP contribution in [0.3, 0.4) is 0 Å². The van der Waals surface area contributed by atoms with Crippen LogP contribution in [0.4, 0.5) is 5.69 Å². The molecule has 2 aromatic rings. The average Bonchev–Trinajstić information content (AvgIpc) is 3.56. The number of aliphatic hydroxyl groups is 1. The highest BCUT2D eigenvalue weighted by Crippen LogP contribution is 2.72. The van der Waals surface area contributed by atoms with Crippen LogP contribution in [0.15, 0.2) is 54.6 Å². The van der Waals surface area contributed by atoms with E-state index in [-0.39, 0.29) is 30.4 Å². The molecule has 3 saturated heterocycles. The van der Waals surface area contributed by atoms with Crippen molar-refractivity contribution in [2.45, 2.75) is 86.4 Å². The summed E-state index contributed by atoms with van der Waals surface area (Å²) in [6.07, 6.45) is 6.60. The van der Waals surface area contributed by atoms with Gasteiger partial charge in [0, 0.05) is 16.5 Å². The maximum absolute atomic E-state index is 14.6. The predicted octanol–water partition coefficient (Wildman–Crippen LogP) is 4.69. The first-order valence-corrected chi connectivity index (χ1v) is 16.1. The molecule has 3 heterocycles. The van der Waals surface area contributed by atoms with E-state index in [4.69, 9.17) is 4.74 Å². The Morgan fingerprint density at radius 2 is 1.76 bits per heavy atom. The van der Waals surface area contributed by atoms with Crippen molar-refractivity contribution in [1.82, 2.24) is 10.2 Å². The summed E-state index contributed by atoms with van der Waals surface area (Å²) in [6, 6.07) is 15.3. The van der Waals surface area contributed by atoms with Crippen LogP contribution in [-0.2, 0) is 14.4 Å². The van der Waals surface area contributed by atoms with Gasteiger partial charge in [-0.1, -0.05) is 49.6 Å². The van der Waals surface area contributed by atoms with Crippen LogP contribution < -0.4 is 15.4 Å². The topological polar surface area (TPSA) is 108 Å². The summed E-state index contributed by atoms with van der Waals surface area (Å²) in [5, 5.41) is 17.0. The molecule has 1 spiro atoms. The third kappa shape index (κ3) is 4.88. The van der Waals surface area contributed by atoms with Crippen LogP contribution in [-0.4, -0.2) is 62.5 Å². The van der Waals surface area contributed by atoms with Crippen LogP contribution in [0.1, 0.15) is 70.4 Å². The van der Waals surface area contributed by atoms with E-state index in [9.17, 15) is 19.5 Å². The van der Waals surface area contributed by atoms with Gasteiger partial charge in [-0.15, -0.1) is 11.8 Å². The lowest BCUT2D eigenvalue weighted by Crippen LogP contribution is -2.56. The number of nitrogens with zero attached hydrogens (tertiary/aromatic N) is 1. The van der Waals surface area contributed by atoms with E-state index in [1.165, 1.54) is 6.42 Å². The Labute approximate surface area is 252 Å². The zero-order valence-electron chi connectivity index (χ0n) is 24.4. The largest absolute Gasteiger partial charge is 0.494 e. The molecule has 8 nitrogen and oxygen atoms in total. The summed E-state index contributed by atoms with van der Waals surface area (Å²) >= 11 is 1.65. The van der Waals surface area contributed by atoms with Crippen molar-refractivity contribution in [3.63, 3.8) is 0 Å². The van der Waals surface area contributed by atoms with E-state index in [0.717, 1.165) is 43.4 Å². The van der Waals surface area contributed by atoms with Gasteiger partial charge in [-0.25, -0.2) is 0 Å². The van der Waals surface area contributed by atoms with Gasteiger partial charge >= 0.3 is 0 Å². The molecule has 2 aromatic carbocycles. The van der Waals surface area contributed by atoms with Crippen LogP contribution in [0, 0.1) is 11.8 Å². The Balaban J connectivity index is 1.35. The fraction of sp³-hybridized carbons (Fsp3) is 0.545. The molecular formula is C33H41N3O5S. The molecule has 3 aliphatic heterocycles. The molecule has 1 saturated carbocycles. The Morgan fingerprint density at radius 1 is 1.05 bits per heavy atom. The zero-order valence-corrected chi connectivity index (χ0v) is 25.2. The fourth-order valence-electron chi connectivity index (χ4n) is 7.98. The molecular weight excluding hydrogens is 550 g/mol. The quantitative estimate of drug-likeness (QED) is 0.391. The summed E-state index contributed by atoms with van der Waals surface area (Å²) in [5.41, 5.74) is 1.42. The summed E-state index contributed by atoms with van der Waals surface area (Å²) in [5.74, 6) is -1.13. The van der Waals surface area contributed by atoms with E-state index in [2.05, 4.69) is 17.6 Å². The van der Waals surface area contributed by atoms with Gasteiger partial charge in [0.25, 0.3) is 0 Å². The number of carbonyl (C=O) groups is 3. The molecule has 224 valence electrons. The summed E-state index contributed by atoms with van der Waals surface area (Å²) < 4.78 is 4.32. The number of rotatable bonds is 9. The smallest absolute Gasteiger partial charge is 0.244 e. The second-order valence-electron chi connectivity index (χ2n) is 12.4. The van der Waals surface area contributed by atoms with E-state index in [1.807, 2.05) is 61.5 Å². The van der Waals surface area contributed by atoms with Crippen molar-refractivity contribution >= 4 is 35.2 Å². The lowest BCUT2D eigenvalue weighted by atomic mass is 9.66. The Kier molecular flexibility index (Phi) is 8.00. The van der Waals surface area contributed by atoms with Gasteiger partial charge in [-0.3, -0.25) is 14.4 Å². The van der Waals surface area contributed by atoms with Gasteiger partial charge in [0.05, 0.1) is 35.8 Å². The third-order valence-corrected chi connectivity index (χ3v) is 11.8. The highest BCUT2D eigenvalue weighted by molar-refractivity contribution is 8.02. The SMILES string of the molecule is CCOc1ccc(NC(=O)[C@H]2[C@H]3C(=O)N([C@H](CO)c4ccccc4)C(C(=O)NC4CCCCC4)C34CC[C@]2(C)S4)cc1. The molecule has 2 bridgehead atoms. The van der Waals surface area contributed by atoms with E-state index in [0.29, 0.717) is 18.7 Å². The van der Waals surface area contributed by atoms with E-state index >= 15 is 0 Å². The van der Waals surface area contributed by atoms with Crippen LogP contribution in [0.25, 0.3) is 0 Å². The number of hydrogen-bond donors (Lipinski definition) is 3. The van der Waals surface area contributed by atoms with Crippen molar-refractivity contribution in [3.05, 3.63) is 60.2 Å². The predicted molar refractivity (Wildman–Crippen MR) is 163 cm³/mol. The van der Waals surface area contributed by atoms with Gasteiger partial charge < -0.3 is 25.4 Å². The number of anilines is 1. The lowest BCUT2D eigenvalue weighted by molar-refractivity contribution is -0.142. The van der Waals surface area contributed by atoms with Gasteiger partial charge in [0.15, 0.2) is 0 Å². The van der Waals surface area contributed by atoms with Gasteiger partial charge in [0.1, 0.15) is 11.8 Å². The van der Waals surface area contributed by atoms with E-state index < -0.39 is 33.4 Å². The number of likely N-dealkylation sites (tertiary alicyclic amines) is 1. The first-order chi connectivity index (χ1) is 20.3. The fourth-order valence-corrected chi connectivity index (χ4v) is 10.3. The monoisotopic (exact) mass is 591 g/mol. The molecule has 42 heavy (non-hydrogen) atoms. The molecule has 0 radical (unpaired) electrons. The van der Waals surface area contributed by atoms with Crippen molar-refractivity contribution in [3.8, 4) is 5.75 Å². The Hall–Kier alpha value is -3.04. The maximum Gasteiger partial charge on any atom is 0.244 e. The number of hydrogen-bond acceptors (Lipinski definition) is 6. The number of benzene rings is 2. The third-order valence-electron chi connectivity index (χ3n) is 9.82. The molecule has 0 aromatic heterocycles. The average molecular weight is 592 g/mol. The van der Waals surface area contributed by atoms with Gasteiger partial charge in [0.2, 0.25) is 17.7 Å². The zero-order chi connectivity index (χ0) is 29.5. The minimum Gasteiger partial charge on any atom is -0.494 e. The van der Waals surface area contributed by atoms with Crippen molar-refractivity contribution in [1.29, 1.82) is 0 Å². The normalized spacial score (nSPS) is 31.1. The van der Waals surface area contributed by atoms with Crippen LogP contribution >= 0.6 is 11.8 Å². The second-order valence-corrected chi connectivity index (χ2v) is 14.3. The first-order valence-electron chi connectivity index (χ1n) is 15.3. The Morgan fingerprint density at radius 3 is 2.43 bits per heavy atom. The minimum absolute atomic E-state index is 0.0842. The van der Waals surface area contributed by atoms with E-state index in [1.54, 1.807) is 16.7 Å². The summed E-state index contributed by atoms with van der Waals surface area (Å²) in [7, 11) is 0. The first kappa shape index (κ1) is 29.1. The van der Waals surface area contributed by atoms with Gasteiger partial charge in [-0.2, -0.15) is 0 Å². The second kappa shape index (κ2) is 11.6. The number of aliphatic hydroxyl groups excluding tert-OH is 1. The molecule has 1 aliphatic carbocycles. The number of fused-ring (bicyclic) bond motifs is 1. The summed E-state index contributed by atoms with van der Waals surface area (Å²) in [4.78, 5) is 44.6. The molecule has 6 rings (SSSR count). The molecule has 6 atom stereocenters. The molecule has 3 amide bonds. The number of nitrogens with one attached hydrogen (secondary N) is 2. The maximum atomic E-state index is 14.6. The highest BCUT2D eigenvalue weighted by Gasteiger charge is 2.77. The summed E-state index contributed by atoms with van der Waals surface area (Å²) in [6.45, 7) is 4.24. The van der Waals surface area contributed by atoms with Crippen LogP contribution in [0.2, 0.25) is 0 Å². The lowest BCUT2D eigenvalue weighted by Gasteiger charge is -2.38. The highest BCUT2D eigenvalue weighted by atomic mass is 32.2. The number of ether oxygens (including phenoxy) is 1. The number of amides is 3.